The topological polar surface area (TPSA) is 22.1 Å². The Kier molecular flexibility index (Phi) is 4.35. The Bertz CT molecular complexity index is 838. The zero-order valence-electron chi connectivity index (χ0n) is 13.9. The van der Waals surface area contributed by atoms with Crippen molar-refractivity contribution in [3.05, 3.63) is 70.2 Å². The highest BCUT2D eigenvalue weighted by Crippen LogP contribution is 2.28. The van der Waals surface area contributed by atoms with Gasteiger partial charge in [0.1, 0.15) is 10.8 Å². The minimum Gasteiger partial charge on any atom is -0.493 e. The average Bonchev–Trinajstić information content (AvgIpc) is 3.22. The minimum absolute atomic E-state index is 0.678. The van der Waals surface area contributed by atoms with Gasteiger partial charge in [0.25, 0.3) is 0 Å². The molecule has 0 radical (unpaired) electrons. The second-order valence-corrected chi connectivity index (χ2v) is 7.47. The van der Waals surface area contributed by atoms with Gasteiger partial charge in [0.2, 0.25) is 0 Å². The molecule has 1 aromatic heterocycles. The van der Waals surface area contributed by atoms with E-state index >= 15 is 0 Å². The van der Waals surface area contributed by atoms with Crippen molar-refractivity contribution >= 4 is 11.3 Å². The first-order valence-corrected chi connectivity index (χ1v) is 9.37. The molecule has 1 aliphatic rings. The second kappa shape index (κ2) is 6.78. The first-order valence-electron chi connectivity index (χ1n) is 8.56. The molecule has 0 fully saturated rings. The monoisotopic (exact) mass is 335 g/mol. The van der Waals surface area contributed by atoms with E-state index in [0.29, 0.717) is 6.61 Å². The van der Waals surface area contributed by atoms with E-state index in [4.69, 9.17) is 9.72 Å². The lowest BCUT2D eigenvalue weighted by atomic mass is 10.1. The Morgan fingerprint density at radius 2 is 1.88 bits per heavy atom. The summed E-state index contributed by atoms with van der Waals surface area (Å²) in [5, 5.41) is 1.10. The Morgan fingerprint density at radius 3 is 2.75 bits per heavy atom. The molecule has 3 aromatic rings. The highest BCUT2D eigenvalue weighted by atomic mass is 32.1. The first kappa shape index (κ1) is 15.4. The molecule has 1 heterocycles. The van der Waals surface area contributed by atoms with Gasteiger partial charge in [-0.25, -0.2) is 4.98 Å². The van der Waals surface area contributed by atoms with E-state index < -0.39 is 0 Å². The Labute approximate surface area is 147 Å². The van der Waals surface area contributed by atoms with Crippen molar-refractivity contribution in [3.8, 4) is 16.3 Å². The van der Waals surface area contributed by atoms with Gasteiger partial charge in [-0.05, 0) is 49.4 Å². The maximum absolute atomic E-state index is 5.97. The van der Waals surface area contributed by atoms with Gasteiger partial charge in [-0.1, -0.05) is 36.4 Å². The summed E-state index contributed by atoms with van der Waals surface area (Å²) in [6.07, 6.45) is 4.54. The van der Waals surface area contributed by atoms with Crippen LogP contribution in [-0.4, -0.2) is 11.6 Å². The number of aromatic nitrogens is 1. The quantitative estimate of drug-likeness (QED) is 0.637. The van der Waals surface area contributed by atoms with Crippen LogP contribution in [0, 0.1) is 6.92 Å². The van der Waals surface area contributed by atoms with Crippen LogP contribution in [0.5, 0.6) is 5.75 Å². The van der Waals surface area contributed by atoms with Crippen LogP contribution in [-0.2, 0) is 19.3 Å². The summed E-state index contributed by atoms with van der Waals surface area (Å²) in [5.41, 5.74) is 5.30. The fraction of sp³-hybridized carbons (Fsp3) is 0.286. The number of benzene rings is 2. The summed E-state index contributed by atoms with van der Waals surface area (Å²) in [6.45, 7) is 2.83. The molecule has 3 heteroatoms. The van der Waals surface area contributed by atoms with Crippen LogP contribution >= 0.6 is 11.3 Å². The zero-order chi connectivity index (χ0) is 16.4. The van der Waals surface area contributed by atoms with Gasteiger partial charge >= 0.3 is 0 Å². The Hall–Kier alpha value is -2.13. The zero-order valence-corrected chi connectivity index (χ0v) is 14.7. The molecule has 4 rings (SSSR count). The van der Waals surface area contributed by atoms with Crippen molar-refractivity contribution in [2.45, 2.75) is 32.6 Å². The fourth-order valence-corrected chi connectivity index (χ4v) is 4.23. The molecule has 0 saturated carbocycles. The normalized spacial score (nSPS) is 13.0. The molecule has 1 aliphatic carbocycles. The van der Waals surface area contributed by atoms with Crippen molar-refractivity contribution in [2.75, 3.05) is 6.61 Å². The van der Waals surface area contributed by atoms with E-state index in [1.54, 1.807) is 11.3 Å². The number of rotatable bonds is 5. The van der Waals surface area contributed by atoms with Crippen molar-refractivity contribution in [1.29, 1.82) is 0 Å². The lowest BCUT2D eigenvalue weighted by molar-refractivity contribution is 0.320. The number of hydrogen-bond acceptors (Lipinski definition) is 3. The van der Waals surface area contributed by atoms with Gasteiger partial charge in [0.15, 0.2) is 0 Å². The molecule has 24 heavy (non-hydrogen) atoms. The summed E-state index contributed by atoms with van der Waals surface area (Å²) >= 11 is 1.76. The molecular formula is C21H21NOS. The van der Waals surface area contributed by atoms with Gasteiger partial charge in [0, 0.05) is 16.9 Å². The maximum Gasteiger partial charge on any atom is 0.123 e. The molecule has 0 unspecified atom stereocenters. The smallest absolute Gasteiger partial charge is 0.123 e. The van der Waals surface area contributed by atoms with Gasteiger partial charge in [-0.15, -0.1) is 11.3 Å². The van der Waals surface area contributed by atoms with Crippen LogP contribution in [0.25, 0.3) is 10.6 Å². The second-order valence-electron chi connectivity index (χ2n) is 6.27. The number of hydrogen-bond donors (Lipinski definition) is 0. The number of nitrogens with zero attached hydrogens (tertiary/aromatic N) is 1. The molecule has 0 aliphatic heterocycles. The molecule has 122 valence electrons. The lowest BCUT2D eigenvalue weighted by Gasteiger charge is -2.07. The van der Waals surface area contributed by atoms with E-state index in [9.17, 15) is 0 Å². The summed E-state index contributed by atoms with van der Waals surface area (Å²) < 4.78 is 5.97. The highest BCUT2D eigenvalue weighted by molar-refractivity contribution is 7.15. The third-order valence-corrected chi connectivity index (χ3v) is 5.65. The van der Waals surface area contributed by atoms with Crippen molar-refractivity contribution in [2.24, 2.45) is 0 Å². The number of ether oxygens (including phenoxy) is 1. The average molecular weight is 335 g/mol. The molecule has 0 N–H and O–H groups in total. The van der Waals surface area contributed by atoms with E-state index in [2.05, 4.69) is 49.4 Å². The van der Waals surface area contributed by atoms with Gasteiger partial charge in [-0.2, -0.15) is 0 Å². The SMILES string of the molecule is Cc1sc(-c2ccccc2)nc1CCOc1ccc2c(c1)CCC2. The highest BCUT2D eigenvalue weighted by Gasteiger charge is 2.12. The molecule has 2 aromatic carbocycles. The van der Waals surface area contributed by atoms with E-state index in [-0.39, 0.29) is 0 Å². The number of fused-ring (bicyclic) bond motifs is 1. The Balaban J connectivity index is 1.40. The number of thiazole rings is 1. The molecule has 0 saturated heterocycles. The largest absolute Gasteiger partial charge is 0.493 e. The van der Waals surface area contributed by atoms with Gasteiger partial charge in [0.05, 0.1) is 12.3 Å². The van der Waals surface area contributed by atoms with Gasteiger partial charge < -0.3 is 4.74 Å². The van der Waals surface area contributed by atoms with E-state index in [1.165, 1.54) is 40.8 Å². The predicted octanol–water partition coefficient (Wildman–Crippen LogP) is 5.23. The molecular weight excluding hydrogens is 314 g/mol. The van der Waals surface area contributed by atoms with Crippen LogP contribution in [0.1, 0.15) is 28.1 Å². The van der Waals surface area contributed by atoms with Crippen molar-refractivity contribution in [1.82, 2.24) is 4.98 Å². The Morgan fingerprint density at radius 1 is 1.04 bits per heavy atom. The van der Waals surface area contributed by atoms with E-state index in [1.807, 2.05) is 6.07 Å². The van der Waals surface area contributed by atoms with Crippen molar-refractivity contribution < 1.29 is 4.74 Å². The van der Waals surface area contributed by atoms with E-state index in [0.717, 1.165) is 22.9 Å². The summed E-state index contributed by atoms with van der Waals surface area (Å²) in [7, 11) is 0. The van der Waals surface area contributed by atoms with Crippen LogP contribution in [0.2, 0.25) is 0 Å². The van der Waals surface area contributed by atoms with Crippen LogP contribution < -0.4 is 4.74 Å². The first-order chi connectivity index (χ1) is 11.8. The molecule has 0 spiro atoms. The third-order valence-electron chi connectivity index (χ3n) is 4.59. The fourth-order valence-electron chi connectivity index (χ4n) is 3.27. The standard InChI is InChI=1S/C21H21NOS/c1-15-20(22-21(24-15)17-6-3-2-4-7-17)12-13-23-19-11-10-16-8-5-9-18(16)14-19/h2-4,6-7,10-11,14H,5,8-9,12-13H2,1H3. The summed E-state index contributed by atoms with van der Waals surface area (Å²) in [6, 6.07) is 16.9. The summed E-state index contributed by atoms with van der Waals surface area (Å²) in [4.78, 5) is 6.09. The molecule has 0 bridgehead atoms. The van der Waals surface area contributed by atoms with Crippen LogP contribution in [0.4, 0.5) is 0 Å². The lowest BCUT2D eigenvalue weighted by Crippen LogP contribution is -2.03. The van der Waals surface area contributed by atoms with Crippen molar-refractivity contribution in [3.63, 3.8) is 0 Å². The molecule has 0 amide bonds. The third kappa shape index (κ3) is 3.22. The predicted molar refractivity (Wildman–Crippen MR) is 100.0 cm³/mol. The summed E-state index contributed by atoms with van der Waals surface area (Å²) in [5.74, 6) is 0.992. The van der Waals surface area contributed by atoms with Crippen LogP contribution in [0.15, 0.2) is 48.5 Å². The molecule has 0 atom stereocenters. The molecule has 2 nitrogen and oxygen atoms in total. The minimum atomic E-state index is 0.678. The van der Waals surface area contributed by atoms with Gasteiger partial charge in [-0.3, -0.25) is 0 Å². The number of aryl methyl sites for hydroxylation is 3. The maximum atomic E-state index is 5.97. The van der Waals surface area contributed by atoms with Crippen LogP contribution in [0.3, 0.4) is 0 Å².